The van der Waals surface area contributed by atoms with Crippen LogP contribution in [0.4, 0.5) is 20.6 Å². The third kappa shape index (κ3) is 10.3. The normalized spacial score (nSPS) is 19.7. The van der Waals surface area contributed by atoms with Gasteiger partial charge in [-0.2, -0.15) is 0 Å². The highest BCUT2D eigenvalue weighted by Crippen LogP contribution is 2.30. The Bertz CT molecular complexity index is 1690. The molecule has 14 heteroatoms. The molecular formula is C36H47FN4O8S. The Labute approximate surface area is 293 Å². The van der Waals surface area contributed by atoms with E-state index in [9.17, 15) is 27.5 Å². The van der Waals surface area contributed by atoms with Crippen molar-refractivity contribution in [2.24, 2.45) is 5.92 Å². The largest absolute Gasteiger partial charge is 0.497 e. The lowest BCUT2D eigenvalue weighted by Crippen LogP contribution is -2.48. The number of carbonyl (C=O) groups excluding carboxylic acids is 2. The number of benzene rings is 3. The number of urea groups is 1. The Hall–Kier alpha value is -4.40. The minimum Gasteiger partial charge on any atom is -0.497 e. The predicted molar refractivity (Wildman–Crippen MR) is 189 cm³/mol. The van der Waals surface area contributed by atoms with Gasteiger partial charge in [-0.25, -0.2) is 17.6 Å². The van der Waals surface area contributed by atoms with Crippen LogP contribution >= 0.6 is 0 Å². The number of sulfonamides is 1. The highest BCUT2D eigenvalue weighted by molar-refractivity contribution is 7.92. The molecule has 4 rings (SSSR count). The minimum absolute atomic E-state index is 0.106. The van der Waals surface area contributed by atoms with Gasteiger partial charge in [-0.15, -0.1) is 0 Å². The predicted octanol–water partition coefficient (Wildman–Crippen LogP) is 5.59. The molecule has 0 radical (unpaired) electrons. The Morgan fingerprint density at radius 3 is 2.42 bits per heavy atom. The number of fused-ring (bicyclic) bond motifs is 1. The van der Waals surface area contributed by atoms with Crippen molar-refractivity contribution in [1.29, 1.82) is 0 Å². The minimum atomic E-state index is -4.11. The number of aliphatic hydroxyl groups excluding tert-OH is 1. The van der Waals surface area contributed by atoms with E-state index in [-0.39, 0.29) is 59.6 Å². The molecule has 12 nitrogen and oxygen atoms in total. The molecular weight excluding hydrogens is 667 g/mol. The van der Waals surface area contributed by atoms with E-state index in [1.54, 1.807) is 51.4 Å². The number of nitrogens with zero attached hydrogens (tertiary/aromatic N) is 2. The lowest BCUT2D eigenvalue weighted by molar-refractivity contribution is -0.0115. The van der Waals surface area contributed by atoms with Crippen LogP contribution in [-0.2, 0) is 14.8 Å². The fourth-order valence-corrected chi connectivity index (χ4v) is 6.57. The first kappa shape index (κ1) is 38.4. The van der Waals surface area contributed by atoms with Gasteiger partial charge in [0.05, 0.1) is 42.4 Å². The summed E-state index contributed by atoms with van der Waals surface area (Å²) >= 11 is 0. The standard InChI is InChI=1S/C36H47FN4O8S/c1-24-21-41(25(2)23-42)35(43)32-20-29(39-50(45,46)31-16-9-27(37)10-17-31)13-18-33(32)49-26(3)8-6-7-19-48-34(24)22-40(4)36(44)38-28-11-14-30(47-5)15-12-28/h9-18,20,24-26,34,39,42H,6-8,19,21-23H2,1-5H3,(H,38,44)/t24-,25-,26-,34+/m0/s1. The van der Waals surface area contributed by atoms with Gasteiger partial charge in [0.25, 0.3) is 15.9 Å². The zero-order valence-corrected chi connectivity index (χ0v) is 29.9. The second-order valence-electron chi connectivity index (χ2n) is 12.6. The van der Waals surface area contributed by atoms with Gasteiger partial charge in [-0.05, 0) is 99.8 Å². The fourth-order valence-electron chi connectivity index (χ4n) is 5.52. The van der Waals surface area contributed by atoms with E-state index >= 15 is 0 Å². The van der Waals surface area contributed by atoms with Crippen LogP contribution in [0.2, 0.25) is 0 Å². The van der Waals surface area contributed by atoms with Crippen molar-refractivity contribution in [2.75, 3.05) is 50.5 Å². The number of aliphatic hydroxyl groups is 1. The number of halogens is 1. The molecule has 0 unspecified atom stereocenters. The van der Waals surface area contributed by atoms with Crippen LogP contribution in [0.15, 0.2) is 71.6 Å². The Balaban J connectivity index is 1.61. The molecule has 1 aliphatic heterocycles. The van der Waals surface area contributed by atoms with E-state index in [0.717, 1.165) is 37.1 Å². The number of hydrogen-bond donors (Lipinski definition) is 3. The first-order valence-corrected chi connectivity index (χ1v) is 18.1. The number of carbonyl (C=O) groups is 2. The van der Waals surface area contributed by atoms with Crippen LogP contribution in [0.5, 0.6) is 11.5 Å². The van der Waals surface area contributed by atoms with E-state index in [0.29, 0.717) is 24.5 Å². The van der Waals surface area contributed by atoms with Crippen LogP contribution in [0.3, 0.4) is 0 Å². The van der Waals surface area contributed by atoms with Crippen molar-refractivity contribution in [1.82, 2.24) is 9.80 Å². The first-order chi connectivity index (χ1) is 23.8. The summed E-state index contributed by atoms with van der Waals surface area (Å²) in [4.78, 5) is 30.4. The summed E-state index contributed by atoms with van der Waals surface area (Å²) in [6, 6.07) is 14.9. The summed E-state index contributed by atoms with van der Waals surface area (Å²) in [5, 5.41) is 13.1. The van der Waals surface area contributed by atoms with Gasteiger partial charge in [0.2, 0.25) is 0 Å². The topological polar surface area (TPSA) is 147 Å². The SMILES string of the molecule is COc1ccc(NC(=O)N(C)C[C@H]2OCCCC[C@H](C)Oc3ccc(NS(=O)(=O)c4ccc(F)cc4)cc3C(=O)N([C@@H](C)CO)C[C@@H]2C)cc1. The zero-order valence-electron chi connectivity index (χ0n) is 29.1. The quantitative estimate of drug-likeness (QED) is 0.260. The Morgan fingerprint density at radius 2 is 1.76 bits per heavy atom. The molecule has 272 valence electrons. The third-order valence-corrected chi connectivity index (χ3v) is 9.97. The van der Waals surface area contributed by atoms with Crippen molar-refractivity contribution in [3.8, 4) is 11.5 Å². The average molecular weight is 715 g/mol. The molecule has 4 atom stereocenters. The first-order valence-electron chi connectivity index (χ1n) is 16.6. The van der Waals surface area contributed by atoms with Crippen molar-refractivity contribution >= 4 is 33.3 Å². The van der Waals surface area contributed by atoms with Crippen molar-refractivity contribution in [3.05, 3.63) is 78.1 Å². The van der Waals surface area contributed by atoms with E-state index in [1.165, 1.54) is 21.9 Å². The smallest absolute Gasteiger partial charge is 0.321 e. The second-order valence-corrected chi connectivity index (χ2v) is 14.3. The molecule has 50 heavy (non-hydrogen) atoms. The van der Waals surface area contributed by atoms with Crippen LogP contribution in [0.25, 0.3) is 0 Å². The van der Waals surface area contributed by atoms with Gasteiger partial charge in [0, 0.05) is 44.0 Å². The molecule has 0 saturated carbocycles. The molecule has 0 aromatic heterocycles. The molecule has 3 amide bonds. The Morgan fingerprint density at radius 1 is 1.08 bits per heavy atom. The van der Waals surface area contributed by atoms with Crippen molar-refractivity contribution in [3.63, 3.8) is 0 Å². The van der Waals surface area contributed by atoms with Gasteiger partial charge in [0.1, 0.15) is 17.3 Å². The maximum absolute atomic E-state index is 14.4. The fraction of sp³-hybridized carbons (Fsp3) is 0.444. The lowest BCUT2D eigenvalue weighted by Gasteiger charge is -2.35. The van der Waals surface area contributed by atoms with Crippen molar-refractivity contribution in [2.45, 2.75) is 63.2 Å². The molecule has 3 aromatic carbocycles. The van der Waals surface area contributed by atoms with Gasteiger partial charge >= 0.3 is 6.03 Å². The number of hydrogen-bond acceptors (Lipinski definition) is 8. The van der Waals surface area contributed by atoms with Crippen LogP contribution in [-0.4, -0.2) is 94.0 Å². The third-order valence-electron chi connectivity index (χ3n) is 8.57. The number of anilines is 2. The summed E-state index contributed by atoms with van der Waals surface area (Å²) < 4.78 is 59.9. The summed E-state index contributed by atoms with van der Waals surface area (Å²) in [6.07, 6.45) is 1.44. The summed E-state index contributed by atoms with van der Waals surface area (Å²) in [7, 11) is -0.872. The molecule has 0 aliphatic carbocycles. The maximum atomic E-state index is 14.4. The van der Waals surface area contributed by atoms with E-state index in [4.69, 9.17) is 14.2 Å². The monoisotopic (exact) mass is 714 g/mol. The van der Waals surface area contributed by atoms with Crippen LogP contribution < -0.4 is 19.5 Å². The van der Waals surface area contributed by atoms with E-state index in [2.05, 4.69) is 10.0 Å². The molecule has 0 bridgehead atoms. The van der Waals surface area contributed by atoms with E-state index in [1.807, 2.05) is 13.8 Å². The number of rotatable bonds is 9. The summed E-state index contributed by atoms with van der Waals surface area (Å²) in [5.41, 5.74) is 0.814. The lowest BCUT2D eigenvalue weighted by atomic mass is 10.0. The molecule has 1 heterocycles. The summed E-state index contributed by atoms with van der Waals surface area (Å²) in [6.45, 7) is 6.00. The molecule has 3 aromatic rings. The number of likely N-dealkylation sites (N-methyl/N-ethyl adjacent to an activating group) is 1. The average Bonchev–Trinajstić information content (AvgIpc) is 3.09. The maximum Gasteiger partial charge on any atom is 0.321 e. The van der Waals surface area contributed by atoms with Gasteiger partial charge < -0.3 is 34.4 Å². The molecule has 0 fully saturated rings. The highest BCUT2D eigenvalue weighted by Gasteiger charge is 2.31. The highest BCUT2D eigenvalue weighted by atomic mass is 32.2. The Kier molecular flexibility index (Phi) is 13.4. The van der Waals surface area contributed by atoms with Gasteiger partial charge in [0.15, 0.2) is 0 Å². The number of methoxy groups -OCH3 is 1. The molecule has 0 spiro atoms. The van der Waals surface area contributed by atoms with Gasteiger partial charge in [-0.3, -0.25) is 9.52 Å². The van der Waals surface area contributed by atoms with Crippen LogP contribution in [0, 0.1) is 11.7 Å². The summed E-state index contributed by atoms with van der Waals surface area (Å²) in [5.74, 6) is -0.411. The molecule has 0 saturated heterocycles. The molecule has 1 aliphatic rings. The van der Waals surface area contributed by atoms with E-state index < -0.39 is 33.9 Å². The number of ether oxygens (including phenoxy) is 3. The van der Waals surface area contributed by atoms with Crippen LogP contribution in [0.1, 0.15) is 50.4 Å². The van der Waals surface area contributed by atoms with Gasteiger partial charge in [-0.1, -0.05) is 6.92 Å². The number of nitrogens with one attached hydrogen (secondary N) is 2. The number of amides is 3. The zero-order chi connectivity index (χ0) is 36.4. The molecule has 3 N–H and O–H groups in total. The second kappa shape index (κ2) is 17.5. The van der Waals surface area contributed by atoms with Crippen molar-refractivity contribution < 1.29 is 41.7 Å².